The third-order valence-corrected chi connectivity index (χ3v) is 1.40. The van der Waals surface area contributed by atoms with Crippen LogP contribution in [0.25, 0.3) is 0 Å². The van der Waals surface area contributed by atoms with Gasteiger partial charge >= 0.3 is 0 Å². The van der Waals surface area contributed by atoms with E-state index in [1.54, 1.807) is 12.1 Å². The lowest BCUT2D eigenvalue weighted by Gasteiger charge is -2.04. The van der Waals surface area contributed by atoms with E-state index in [1.165, 1.54) is 6.07 Å². The number of phenolic OH excluding ortho intramolecular Hbond substituents is 1. The van der Waals surface area contributed by atoms with Gasteiger partial charge in [0.1, 0.15) is 5.75 Å². The number of aliphatic hydroxyl groups excluding tert-OH is 1. The van der Waals surface area contributed by atoms with Gasteiger partial charge in [-0.15, -0.1) is 0 Å². The summed E-state index contributed by atoms with van der Waals surface area (Å²) in [7, 11) is 0. The zero-order valence-electron chi connectivity index (χ0n) is 5.91. The van der Waals surface area contributed by atoms with Crippen LogP contribution in [0.4, 0.5) is 5.69 Å². The standard InChI is InChI=1S/C7H10N2O2/c8-9-6-3-5(4-10)1-2-7(6)11/h1-3,9-11H,4,8H2. The maximum Gasteiger partial charge on any atom is 0.140 e. The quantitative estimate of drug-likeness (QED) is 0.278. The molecule has 0 bridgehead atoms. The second kappa shape index (κ2) is 3.23. The lowest BCUT2D eigenvalue weighted by atomic mass is 10.2. The average Bonchev–Trinajstić information content (AvgIpc) is 2.05. The van der Waals surface area contributed by atoms with Crippen LogP contribution in [0.2, 0.25) is 0 Å². The van der Waals surface area contributed by atoms with Gasteiger partial charge in [-0.3, -0.25) is 5.84 Å². The van der Waals surface area contributed by atoms with E-state index in [0.717, 1.165) is 0 Å². The molecule has 1 rings (SSSR count). The van der Waals surface area contributed by atoms with E-state index < -0.39 is 0 Å². The van der Waals surface area contributed by atoms with Crippen LogP contribution in [0.1, 0.15) is 5.56 Å². The van der Waals surface area contributed by atoms with Gasteiger partial charge < -0.3 is 15.6 Å². The first-order valence-electron chi connectivity index (χ1n) is 3.17. The molecule has 60 valence electrons. The van der Waals surface area contributed by atoms with Crippen molar-refractivity contribution in [3.63, 3.8) is 0 Å². The Morgan fingerprint density at radius 2 is 2.18 bits per heavy atom. The largest absolute Gasteiger partial charge is 0.506 e. The molecule has 0 saturated heterocycles. The minimum absolute atomic E-state index is 0.0606. The van der Waals surface area contributed by atoms with Crippen LogP contribution in [-0.4, -0.2) is 10.2 Å². The molecule has 0 saturated carbocycles. The Hall–Kier alpha value is -1.26. The predicted molar refractivity (Wildman–Crippen MR) is 41.8 cm³/mol. The fourth-order valence-corrected chi connectivity index (χ4v) is 0.797. The van der Waals surface area contributed by atoms with Crippen molar-refractivity contribution < 1.29 is 10.2 Å². The zero-order valence-corrected chi connectivity index (χ0v) is 5.91. The molecule has 4 heteroatoms. The van der Waals surface area contributed by atoms with Gasteiger partial charge in [0.2, 0.25) is 0 Å². The zero-order chi connectivity index (χ0) is 8.27. The number of aromatic hydroxyl groups is 1. The molecule has 0 fully saturated rings. The van der Waals surface area contributed by atoms with Crippen LogP contribution in [0, 0.1) is 0 Å². The maximum absolute atomic E-state index is 9.11. The molecule has 0 aliphatic heterocycles. The number of aliphatic hydroxyl groups is 1. The summed E-state index contributed by atoms with van der Waals surface area (Å²) >= 11 is 0. The lowest BCUT2D eigenvalue weighted by molar-refractivity contribution is 0.282. The summed E-state index contributed by atoms with van der Waals surface area (Å²) in [6, 6.07) is 4.67. The van der Waals surface area contributed by atoms with E-state index in [1.807, 2.05) is 0 Å². The Labute approximate surface area is 64.2 Å². The SMILES string of the molecule is NNc1cc(CO)ccc1O. The van der Waals surface area contributed by atoms with E-state index in [2.05, 4.69) is 5.43 Å². The molecule has 4 nitrogen and oxygen atoms in total. The normalized spacial score (nSPS) is 9.64. The fourth-order valence-electron chi connectivity index (χ4n) is 0.797. The van der Waals surface area contributed by atoms with Crippen LogP contribution in [-0.2, 0) is 6.61 Å². The van der Waals surface area contributed by atoms with Crippen LogP contribution < -0.4 is 11.3 Å². The predicted octanol–water partition coefficient (Wildman–Crippen LogP) is 0.170. The van der Waals surface area contributed by atoms with Crippen molar-refractivity contribution in [3.05, 3.63) is 23.8 Å². The number of rotatable bonds is 2. The highest BCUT2D eigenvalue weighted by Crippen LogP contribution is 2.22. The third kappa shape index (κ3) is 1.60. The summed E-state index contributed by atoms with van der Waals surface area (Å²) in [4.78, 5) is 0. The first-order chi connectivity index (χ1) is 5.27. The lowest BCUT2D eigenvalue weighted by Crippen LogP contribution is -2.07. The minimum Gasteiger partial charge on any atom is -0.506 e. The number of nitrogens with one attached hydrogen (secondary N) is 1. The van der Waals surface area contributed by atoms with Gasteiger partial charge in [0.15, 0.2) is 0 Å². The molecule has 11 heavy (non-hydrogen) atoms. The van der Waals surface area contributed by atoms with Gasteiger partial charge in [0.25, 0.3) is 0 Å². The number of nitrogens with two attached hydrogens (primary N) is 1. The first-order valence-corrected chi connectivity index (χ1v) is 3.17. The van der Waals surface area contributed by atoms with Gasteiger partial charge in [0.05, 0.1) is 12.3 Å². The molecule has 5 N–H and O–H groups in total. The monoisotopic (exact) mass is 154 g/mol. The Morgan fingerprint density at radius 1 is 1.45 bits per heavy atom. The Kier molecular flexibility index (Phi) is 2.30. The molecular formula is C7H10N2O2. The topological polar surface area (TPSA) is 78.5 Å². The molecular weight excluding hydrogens is 144 g/mol. The number of hydrogen-bond acceptors (Lipinski definition) is 4. The Morgan fingerprint density at radius 3 is 2.73 bits per heavy atom. The third-order valence-electron chi connectivity index (χ3n) is 1.40. The van der Waals surface area contributed by atoms with Crippen LogP contribution >= 0.6 is 0 Å². The fraction of sp³-hybridized carbons (Fsp3) is 0.143. The molecule has 0 aliphatic carbocycles. The average molecular weight is 154 g/mol. The van der Waals surface area contributed by atoms with Crippen LogP contribution in [0.5, 0.6) is 5.75 Å². The smallest absolute Gasteiger partial charge is 0.140 e. The van der Waals surface area contributed by atoms with Crippen molar-refractivity contribution in [2.45, 2.75) is 6.61 Å². The highest BCUT2D eigenvalue weighted by molar-refractivity contribution is 5.56. The molecule has 0 aromatic heterocycles. The first kappa shape index (κ1) is 7.84. The molecule has 0 atom stereocenters. The molecule has 0 radical (unpaired) electrons. The van der Waals surface area contributed by atoms with Crippen LogP contribution in [0.15, 0.2) is 18.2 Å². The van der Waals surface area contributed by atoms with Crippen molar-refractivity contribution in [2.75, 3.05) is 5.43 Å². The number of hydrazine groups is 1. The number of anilines is 1. The van der Waals surface area contributed by atoms with E-state index in [-0.39, 0.29) is 12.4 Å². The van der Waals surface area contributed by atoms with Crippen molar-refractivity contribution in [2.24, 2.45) is 5.84 Å². The highest BCUT2D eigenvalue weighted by Gasteiger charge is 1.98. The number of nitrogen functional groups attached to an aromatic ring is 1. The van der Waals surface area contributed by atoms with Crippen molar-refractivity contribution in [1.82, 2.24) is 0 Å². The summed E-state index contributed by atoms with van der Waals surface area (Å²) in [5.74, 6) is 5.16. The minimum atomic E-state index is -0.0606. The molecule has 1 aromatic rings. The Bertz CT molecular complexity index is 250. The molecule has 0 unspecified atom stereocenters. The highest BCUT2D eigenvalue weighted by atomic mass is 16.3. The Balaban J connectivity index is 3.02. The van der Waals surface area contributed by atoms with Gasteiger partial charge in [-0.2, -0.15) is 0 Å². The summed E-state index contributed by atoms with van der Waals surface area (Å²) in [6.45, 7) is -0.0606. The molecule has 0 heterocycles. The maximum atomic E-state index is 9.11. The molecule has 1 aromatic carbocycles. The van der Waals surface area contributed by atoms with Crippen LogP contribution in [0.3, 0.4) is 0 Å². The van der Waals surface area contributed by atoms with Gasteiger partial charge in [-0.25, -0.2) is 0 Å². The van der Waals surface area contributed by atoms with E-state index in [0.29, 0.717) is 11.3 Å². The molecule has 0 amide bonds. The van der Waals surface area contributed by atoms with E-state index >= 15 is 0 Å². The number of phenols is 1. The molecule has 0 spiro atoms. The molecule has 0 aliphatic rings. The van der Waals surface area contributed by atoms with Gasteiger partial charge in [-0.1, -0.05) is 6.07 Å². The van der Waals surface area contributed by atoms with Gasteiger partial charge in [-0.05, 0) is 17.7 Å². The second-order valence-electron chi connectivity index (χ2n) is 2.15. The van der Waals surface area contributed by atoms with Gasteiger partial charge in [0, 0.05) is 0 Å². The summed E-state index contributed by atoms with van der Waals surface area (Å²) in [6.07, 6.45) is 0. The summed E-state index contributed by atoms with van der Waals surface area (Å²) in [5, 5.41) is 17.8. The number of benzene rings is 1. The summed E-state index contributed by atoms with van der Waals surface area (Å²) in [5.41, 5.74) is 3.43. The van der Waals surface area contributed by atoms with E-state index in [9.17, 15) is 0 Å². The van der Waals surface area contributed by atoms with Crippen molar-refractivity contribution >= 4 is 5.69 Å². The number of hydrogen-bond donors (Lipinski definition) is 4. The second-order valence-corrected chi connectivity index (χ2v) is 2.15. The van der Waals surface area contributed by atoms with Crippen molar-refractivity contribution in [1.29, 1.82) is 0 Å². The van der Waals surface area contributed by atoms with E-state index in [4.69, 9.17) is 16.1 Å². The van der Waals surface area contributed by atoms with Crippen molar-refractivity contribution in [3.8, 4) is 5.75 Å². The summed E-state index contributed by atoms with van der Waals surface area (Å²) < 4.78 is 0.